The molecule has 2 N–H and O–H groups in total. The molecule has 0 fully saturated rings. The van der Waals surface area contributed by atoms with Crippen LogP contribution >= 0.6 is 0 Å². The van der Waals surface area contributed by atoms with Gasteiger partial charge in [-0.2, -0.15) is 5.10 Å². The van der Waals surface area contributed by atoms with Crippen molar-refractivity contribution in [2.45, 2.75) is 38.5 Å². The lowest BCUT2D eigenvalue weighted by Gasteiger charge is -2.12. The maximum Gasteiger partial charge on any atom is 0.220 e. The summed E-state index contributed by atoms with van der Waals surface area (Å²) in [6.45, 7) is 0.137. The SMILES string of the molecule is CN(C)S(=O)(=O)CCNC(=O)CCc1n[nH]c2c1CCCC2. The number of sulfonamides is 1. The molecule has 0 atom stereocenters. The van der Waals surface area contributed by atoms with Gasteiger partial charge in [0.2, 0.25) is 15.9 Å². The maximum atomic E-state index is 11.8. The number of H-pyrrole nitrogens is 1. The van der Waals surface area contributed by atoms with Crippen molar-refractivity contribution >= 4 is 15.9 Å². The predicted molar refractivity (Wildman–Crippen MR) is 84.0 cm³/mol. The van der Waals surface area contributed by atoms with E-state index in [1.165, 1.54) is 38.2 Å². The Morgan fingerprint density at radius 2 is 2.05 bits per heavy atom. The van der Waals surface area contributed by atoms with Crippen molar-refractivity contribution in [3.8, 4) is 0 Å². The van der Waals surface area contributed by atoms with E-state index in [2.05, 4.69) is 15.5 Å². The van der Waals surface area contributed by atoms with Crippen LogP contribution in [0.4, 0.5) is 0 Å². The highest BCUT2D eigenvalue weighted by Crippen LogP contribution is 2.22. The first-order valence-corrected chi connectivity index (χ1v) is 9.23. The van der Waals surface area contributed by atoms with Gasteiger partial charge in [0.15, 0.2) is 0 Å². The number of aromatic nitrogens is 2. The number of carbonyl (C=O) groups excluding carboxylic acids is 1. The Bertz CT molecular complexity index is 622. The average Bonchev–Trinajstić information content (AvgIpc) is 2.88. The zero-order chi connectivity index (χ0) is 16.2. The number of aryl methyl sites for hydroxylation is 2. The summed E-state index contributed by atoms with van der Waals surface area (Å²) in [6, 6.07) is 0. The number of fused-ring (bicyclic) bond motifs is 1. The van der Waals surface area contributed by atoms with Crippen LogP contribution in [0.2, 0.25) is 0 Å². The van der Waals surface area contributed by atoms with Crippen LogP contribution in [-0.2, 0) is 34.1 Å². The fourth-order valence-corrected chi connectivity index (χ4v) is 3.30. The highest BCUT2D eigenvalue weighted by Gasteiger charge is 2.18. The summed E-state index contributed by atoms with van der Waals surface area (Å²) in [5, 5.41) is 10.0. The van der Waals surface area contributed by atoms with Crippen LogP contribution in [0, 0.1) is 0 Å². The van der Waals surface area contributed by atoms with Crippen molar-refractivity contribution in [2.75, 3.05) is 26.4 Å². The molecular weight excluding hydrogens is 304 g/mol. The average molecular weight is 328 g/mol. The molecule has 1 amide bonds. The van der Waals surface area contributed by atoms with E-state index in [-0.39, 0.29) is 18.2 Å². The molecule has 1 aromatic rings. The number of hydrogen-bond donors (Lipinski definition) is 2. The van der Waals surface area contributed by atoms with Gasteiger partial charge in [-0.25, -0.2) is 12.7 Å². The van der Waals surface area contributed by atoms with E-state index in [0.29, 0.717) is 12.8 Å². The Hall–Kier alpha value is -1.41. The van der Waals surface area contributed by atoms with Gasteiger partial charge in [-0.1, -0.05) is 0 Å². The van der Waals surface area contributed by atoms with E-state index in [1.54, 1.807) is 0 Å². The lowest BCUT2D eigenvalue weighted by atomic mass is 9.95. The molecule has 0 unspecified atom stereocenters. The molecule has 0 saturated carbocycles. The minimum absolute atomic E-state index is 0.0798. The summed E-state index contributed by atoms with van der Waals surface area (Å²) in [7, 11) is -0.295. The summed E-state index contributed by atoms with van der Waals surface area (Å²) in [5.41, 5.74) is 3.46. The van der Waals surface area contributed by atoms with Crippen molar-refractivity contribution in [1.82, 2.24) is 19.8 Å². The van der Waals surface area contributed by atoms with E-state index in [1.807, 2.05) is 0 Å². The number of amides is 1. The second-order valence-corrected chi connectivity index (χ2v) is 8.09. The molecule has 7 nitrogen and oxygen atoms in total. The summed E-state index contributed by atoms with van der Waals surface area (Å²) >= 11 is 0. The maximum absolute atomic E-state index is 11.8. The second-order valence-electron chi connectivity index (χ2n) is 5.78. The molecule has 1 aromatic heterocycles. The van der Waals surface area contributed by atoms with E-state index in [9.17, 15) is 13.2 Å². The van der Waals surface area contributed by atoms with Crippen LogP contribution in [0.5, 0.6) is 0 Å². The largest absolute Gasteiger partial charge is 0.355 e. The highest BCUT2D eigenvalue weighted by atomic mass is 32.2. The predicted octanol–water partition coefficient (Wildman–Crippen LogP) is 0.229. The minimum Gasteiger partial charge on any atom is -0.355 e. The number of nitrogens with zero attached hydrogens (tertiary/aromatic N) is 2. The second kappa shape index (κ2) is 7.23. The molecule has 1 aliphatic rings. The fourth-order valence-electron chi connectivity index (χ4n) is 2.58. The summed E-state index contributed by atoms with van der Waals surface area (Å²) in [5.74, 6) is -0.217. The normalized spacial score (nSPS) is 14.9. The Morgan fingerprint density at radius 1 is 1.32 bits per heavy atom. The Labute approximate surface area is 131 Å². The zero-order valence-corrected chi connectivity index (χ0v) is 14.0. The van der Waals surface area contributed by atoms with Gasteiger partial charge in [-0.3, -0.25) is 9.89 Å². The van der Waals surface area contributed by atoms with Gasteiger partial charge in [-0.05, 0) is 31.2 Å². The van der Waals surface area contributed by atoms with Crippen LogP contribution in [-0.4, -0.2) is 55.2 Å². The molecule has 2 rings (SSSR count). The lowest BCUT2D eigenvalue weighted by Crippen LogP contribution is -2.34. The van der Waals surface area contributed by atoms with Gasteiger partial charge >= 0.3 is 0 Å². The first-order valence-electron chi connectivity index (χ1n) is 7.62. The summed E-state index contributed by atoms with van der Waals surface area (Å²) in [4.78, 5) is 11.8. The molecule has 0 spiro atoms. The van der Waals surface area contributed by atoms with Gasteiger partial charge in [0.05, 0.1) is 11.4 Å². The third-order valence-corrected chi connectivity index (χ3v) is 5.80. The van der Waals surface area contributed by atoms with Gasteiger partial charge in [-0.15, -0.1) is 0 Å². The van der Waals surface area contributed by atoms with Gasteiger partial charge in [0.25, 0.3) is 0 Å². The molecule has 0 saturated heterocycles. The van der Waals surface area contributed by atoms with Crippen molar-refractivity contribution < 1.29 is 13.2 Å². The number of carbonyl (C=O) groups is 1. The van der Waals surface area contributed by atoms with E-state index < -0.39 is 10.0 Å². The van der Waals surface area contributed by atoms with Crippen LogP contribution in [0.25, 0.3) is 0 Å². The lowest BCUT2D eigenvalue weighted by molar-refractivity contribution is -0.120. The van der Waals surface area contributed by atoms with Crippen molar-refractivity contribution in [1.29, 1.82) is 0 Å². The molecule has 0 bridgehead atoms. The van der Waals surface area contributed by atoms with Crippen LogP contribution < -0.4 is 5.32 Å². The molecule has 0 radical (unpaired) electrons. The topological polar surface area (TPSA) is 95.2 Å². The van der Waals surface area contributed by atoms with Crippen LogP contribution in [0.3, 0.4) is 0 Å². The molecule has 0 aromatic carbocycles. The highest BCUT2D eigenvalue weighted by molar-refractivity contribution is 7.89. The number of nitrogens with one attached hydrogen (secondary N) is 2. The monoisotopic (exact) mass is 328 g/mol. The number of rotatable bonds is 7. The van der Waals surface area contributed by atoms with E-state index in [4.69, 9.17) is 0 Å². The third-order valence-electron chi connectivity index (χ3n) is 3.97. The first-order chi connectivity index (χ1) is 10.4. The molecule has 1 heterocycles. The summed E-state index contributed by atoms with van der Waals surface area (Å²) in [6.07, 6.45) is 5.36. The van der Waals surface area contributed by atoms with Crippen LogP contribution in [0.15, 0.2) is 0 Å². The number of aromatic amines is 1. The first kappa shape index (κ1) is 17.0. The van der Waals surface area contributed by atoms with Gasteiger partial charge in [0.1, 0.15) is 0 Å². The van der Waals surface area contributed by atoms with Crippen LogP contribution in [0.1, 0.15) is 36.2 Å². The minimum atomic E-state index is -3.26. The molecule has 22 heavy (non-hydrogen) atoms. The third kappa shape index (κ3) is 4.30. The zero-order valence-electron chi connectivity index (χ0n) is 13.2. The molecule has 8 heteroatoms. The molecule has 0 aliphatic heterocycles. The Kier molecular flexibility index (Phi) is 5.57. The molecule has 124 valence electrons. The van der Waals surface area contributed by atoms with Crippen molar-refractivity contribution in [2.24, 2.45) is 0 Å². The summed E-state index contributed by atoms with van der Waals surface area (Å²) < 4.78 is 24.3. The Balaban J connectivity index is 1.75. The molecule has 1 aliphatic carbocycles. The Morgan fingerprint density at radius 3 is 2.77 bits per heavy atom. The van der Waals surface area contributed by atoms with Crippen molar-refractivity contribution in [3.05, 3.63) is 17.0 Å². The smallest absolute Gasteiger partial charge is 0.220 e. The standard InChI is InChI=1S/C14H24N4O3S/c1-18(2)22(20,21)10-9-15-14(19)8-7-13-11-5-3-4-6-12(11)16-17-13/h3-10H2,1-2H3,(H,15,19)(H,16,17). The number of hydrogen-bond acceptors (Lipinski definition) is 4. The fraction of sp³-hybridized carbons (Fsp3) is 0.714. The van der Waals surface area contributed by atoms with Crippen molar-refractivity contribution in [3.63, 3.8) is 0 Å². The molecular formula is C14H24N4O3S. The van der Waals surface area contributed by atoms with E-state index >= 15 is 0 Å². The quantitative estimate of drug-likeness (QED) is 0.749. The van der Waals surface area contributed by atoms with E-state index in [0.717, 1.165) is 22.8 Å². The van der Waals surface area contributed by atoms with Gasteiger partial charge < -0.3 is 5.32 Å². The van der Waals surface area contributed by atoms with Gasteiger partial charge in [0, 0.05) is 39.2 Å².